The predicted molar refractivity (Wildman–Crippen MR) is 69.3 cm³/mol. The molecule has 0 aliphatic carbocycles. The van der Waals surface area contributed by atoms with E-state index in [-0.39, 0.29) is 11.7 Å². The average Bonchev–Trinajstić information content (AvgIpc) is 2.21. The zero-order chi connectivity index (χ0) is 12.5. The number of ketones is 1. The van der Waals surface area contributed by atoms with Gasteiger partial charge >= 0.3 is 0 Å². The number of ether oxygens (including phenoxy) is 1. The topological polar surface area (TPSA) is 26.3 Å². The van der Waals surface area contributed by atoms with E-state index in [9.17, 15) is 4.79 Å². The van der Waals surface area contributed by atoms with Crippen LogP contribution in [0.2, 0.25) is 0 Å². The van der Waals surface area contributed by atoms with Gasteiger partial charge in [0, 0.05) is 10.4 Å². The summed E-state index contributed by atoms with van der Waals surface area (Å²) in [5.41, 5.74) is 2.62. The zero-order valence-electron chi connectivity index (χ0n) is 10.3. The van der Waals surface area contributed by atoms with Gasteiger partial charge in [0.15, 0.2) is 5.78 Å². The van der Waals surface area contributed by atoms with Crippen molar-refractivity contribution in [3.63, 3.8) is 0 Å². The summed E-state index contributed by atoms with van der Waals surface area (Å²) in [6.07, 6.45) is 0. The average molecular weight is 285 g/mol. The number of rotatable bonds is 3. The monoisotopic (exact) mass is 284 g/mol. The Labute approximate surface area is 105 Å². The molecule has 0 spiro atoms. The second-order valence-electron chi connectivity index (χ2n) is 4.23. The van der Waals surface area contributed by atoms with E-state index < -0.39 is 0 Å². The Balaban J connectivity index is 3.51. The van der Waals surface area contributed by atoms with Gasteiger partial charge in [0.05, 0.1) is 12.7 Å². The number of benzene rings is 1. The minimum atomic E-state index is -0.0266. The molecule has 0 aromatic heterocycles. The van der Waals surface area contributed by atoms with Crippen LogP contribution in [0, 0.1) is 19.8 Å². The van der Waals surface area contributed by atoms with Crippen LogP contribution in [-0.4, -0.2) is 12.9 Å². The van der Waals surface area contributed by atoms with Crippen molar-refractivity contribution in [3.05, 3.63) is 27.2 Å². The molecule has 0 heterocycles. The lowest BCUT2D eigenvalue weighted by molar-refractivity contribution is 0.0935. The molecular formula is C13H17BrO2. The summed E-state index contributed by atoms with van der Waals surface area (Å²) < 4.78 is 6.30. The Morgan fingerprint density at radius 3 is 2.38 bits per heavy atom. The number of carbonyl (C=O) groups is 1. The van der Waals surface area contributed by atoms with Crippen LogP contribution in [0.25, 0.3) is 0 Å². The second kappa shape index (κ2) is 5.00. The largest absolute Gasteiger partial charge is 0.496 e. The number of hydrogen-bond donors (Lipinski definition) is 0. The van der Waals surface area contributed by atoms with Crippen molar-refractivity contribution >= 4 is 21.7 Å². The molecule has 1 aromatic rings. The van der Waals surface area contributed by atoms with Gasteiger partial charge in [0.2, 0.25) is 0 Å². The molecule has 0 N–H and O–H groups in total. The van der Waals surface area contributed by atoms with Crippen molar-refractivity contribution in [2.75, 3.05) is 7.11 Å². The molecule has 3 heteroatoms. The number of halogens is 1. The first-order chi connectivity index (χ1) is 7.40. The van der Waals surface area contributed by atoms with Gasteiger partial charge in [-0.15, -0.1) is 0 Å². The summed E-state index contributed by atoms with van der Waals surface area (Å²) in [7, 11) is 1.60. The molecule has 1 rings (SSSR count). The van der Waals surface area contributed by atoms with Crippen LogP contribution in [0.1, 0.15) is 35.3 Å². The second-order valence-corrected chi connectivity index (χ2v) is 5.08. The fraction of sp³-hybridized carbons (Fsp3) is 0.462. The molecule has 0 aliphatic heterocycles. The van der Waals surface area contributed by atoms with Crippen LogP contribution in [0.15, 0.2) is 10.5 Å². The van der Waals surface area contributed by atoms with Crippen LogP contribution < -0.4 is 4.74 Å². The van der Waals surface area contributed by atoms with Gasteiger partial charge in [-0.25, -0.2) is 0 Å². The lowest BCUT2D eigenvalue weighted by atomic mass is 9.94. The molecule has 2 nitrogen and oxygen atoms in total. The van der Waals surface area contributed by atoms with Crippen molar-refractivity contribution < 1.29 is 9.53 Å². The third-order valence-corrected chi connectivity index (χ3v) is 3.46. The highest BCUT2D eigenvalue weighted by Gasteiger charge is 2.21. The van der Waals surface area contributed by atoms with Crippen LogP contribution in [0.4, 0.5) is 0 Å². The Morgan fingerprint density at radius 2 is 1.94 bits per heavy atom. The standard InChI is InChI=1S/C13H17BrO2/c1-7(2)12(15)11-9(4)10(14)6-8(3)13(11)16-5/h6-7H,1-5H3. The van der Waals surface area contributed by atoms with E-state index in [0.717, 1.165) is 15.6 Å². The lowest BCUT2D eigenvalue weighted by Gasteiger charge is -2.16. The lowest BCUT2D eigenvalue weighted by Crippen LogP contribution is -2.12. The van der Waals surface area contributed by atoms with E-state index in [1.807, 2.05) is 33.8 Å². The van der Waals surface area contributed by atoms with E-state index in [0.29, 0.717) is 11.3 Å². The van der Waals surface area contributed by atoms with Crippen LogP contribution >= 0.6 is 15.9 Å². The summed E-state index contributed by atoms with van der Waals surface area (Å²) in [6, 6.07) is 1.98. The molecule has 88 valence electrons. The van der Waals surface area contributed by atoms with Crippen LogP contribution in [0.5, 0.6) is 5.75 Å². The van der Waals surface area contributed by atoms with Crippen molar-refractivity contribution in [1.29, 1.82) is 0 Å². The predicted octanol–water partition coefficient (Wildman–Crippen LogP) is 3.91. The number of hydrogen-bond acceptors (Lipinski definition) is 2. The smallest absolute Gasteiger partial charge is 0.169 e. The Bertz CT molecular complexity index is 422. The van der Waals surface area contributed by atoms with Gasteiger partial charge in [0.1, 0.15) is 5.75 Å². The van der Waals surface area contributed by atoms with E-state index in [1.165, 1.54) is 0 Å². The van der Waals surface area contributed by atoms with Gasteiger partial charge in [0.25, 0.3) is 0 Å². The maximum atomic E-state index is 12.1. The Hall–Kier alpha value is -0.830. The van der Waals surface area contributed by atoms with Gasteiger partial charge in [-0.2, -0.15) is 0 Å². The molecule has 0 aliphatic rings. The molecule has 0 radical (unpaired) electrons. The van der Waals surface area contributed by atoms with E-state index in [2.05, 4.69) is 15.9 Å². The zero-order valence-corrected chi connectivity index (χ0v) is 11.9. The van der Waals surface area contributed by atoms with Gasteiger partial charge in [-0.1, -0.05) is 29.8 Å². The normalized spacial score (nSPS) is 10.7. The highest BCUT2D eigenvalue weighted by molar-refractivity contribution is 9.10. The molecule has 1 aromatic carbocycles. The maximum Gasteiger partial charge on any atom is 0.169 e. The minimum absolute atomic E-state index is 0.0266. The van der Waals surface area contributed by atoms with Crippen molar-refractivity contribution in [2.24, 2.45) is 5.92 Å². The first-order valence-corrected chi connectivity index (χ1v) is 6.07. The highest BCUT2D eigenvalue weighted by Crippen LogP contribution is 2.33. The summed E-state index contributed by atoms with van der Waals surface area (Å²) in [5, 5.41) is 0. The highest BCUT2D eigenvalue weighted by atomic mass is 79.9. The maximum absolute atomic E-state index is 12.1. The molecule has 0 amide bonds. The van der Waals surface area contributed by atoms with Gasteiger partial charge in [-0.3, -0.25) is 4.79 Å². The molecule has 0 saturated carbocycles. The first-order valence-electron chi connectivity index (χ1n) is 5.28. The summed E-state index contributed by atoms with van der Waals surface area (Å²) in [5.74, 6) is 0.791. The Kier molecular flexibility index (Phi) is 4.14. The molecule has 0 saturated heterocycles. The number of aryl methyl sites for hydroxylation is 1. The third-order valence-electron chi connectivity index (χ3n) is 2.64. The molecule has 0 unspecified atom stereocenters. The third kappa shape index (κ3) is 2.29. The van der Waals surface area contributed by atoms with Crippen molar-refractivity contribution in [3.8, 4) is 5.75 Å². The number of Topliss-reactive ketones (excluding diaryl/α,β-unsaturated/α-hetero) is 1. The fourth-order valence-electron chi connectivity index (χ4n) is 1.70. The molecule has 0 fully saturated rings. The van der Waals surface area contributed by atoms with Crippen LogP contribution in [-0.2, 0) is 0 Å². The van der Waals surface area contributed by atoms with E-state index >= 15 is 0 Å². The molecule has 0 bridgehead atoms. The van der Waals surface area contributed by atoms with Crippen molar-refractivity contribution in [2.45, 2.75) is 27.7 Å². The van der Waals surface area contributed by atoms with Gasteiger partial charge in [-0.05, 0) is 31.0 Å². The van der Waals surface area contributed by atoms with Crippen LogP contribution in [0.3, 0.4) is 0 Å². The Morgan fingerprint density at radius 1 is 1.38 bits per heavy atom. The summed E-state index contributed by atoms with van der Waals surface area (Å²) in [6.45, 7) is 7.68. The minimum Gasteiger partial charge on any atom is -0.496 e. The number of carbonyl (C=O) groups excluding carboxylic acids is 1. The van der Waals surface area contributed by atoms with E-state index in [4.69, 9.17) is 4.74 Å². The summed E-state index contributed by atoms with van der Waals surface area (Å²) in [4.78, 5) is 12.1. The van der Waals surface area contributed by atoms with E-state index in [1.54, 1.807) is 7.11 Å². The molecule has 0 atom stereocenters. The van der Waals surface area contributed by atoms with Gasteiger partial charge < -0.3 is 4.74 Å². The van der Waals surface area contributed by atoms with Crippen molar-refractivity contribution in [1.82, 2.24) is 0 Å². The quantitative estimate of drug-likeness (QED) is 0.787. The molecular weight excluding hydrogens is 268 g/mol. The molecule has 16 heavy (non-hydrogen) atoms. The number of methoxy groups -OCH3 is 1. The fourth-order valence-corrected chi connectivity index (χ4v) is 2.24. The SMILES string of the molecule is COc1c(C)cc(Br)c(C)c1C(=O)C(C)C. The summed E-state index contributed by atoms with van der Waals surface area (Å²) >= 11 is 3.47. The first kappa shape index (κ1) is 13.2.